The minimum absolute atomic E-state index is 0.0962. The minimum atomic E-state index is -0.873. The number of fused-ring (bicyclic) bond motifs is 1. The molecular weight excluding hydrogens is 258 g/mol. The third kappa shape index (κ3) is 2.46. The highest BCUT2D eigenvalue weighted by Gasteiger charge is 2.27. The molecule has 3 heteroatoms. The Morgan fingerprint density at radius 3 is 2.50 bits per heavy atom. The van der Waals surface area contributed by atoms with Crippen molar-refractivity contribution in [3.8, 4) is 0 Å². The zero-order valence-corrected chi connectivity index (χ0v) is 11.0. The Morgan fingerprint density at radius 2 is 1.75 bits per heavy atom. The van der Waals surface area contributed by atoms with E-state index in [1.165, 1.54) is 17.7 Å². The number of benzene rings is 2. The first-order valence-electron chi connectivity index (χ1n) is 6.87. The van der Waals surface area contributed by atoms with Gasteiger partial charge in [-0.05, 0) is 48.1 Å². The Balaban J connectivity index is 1.97. The number of aliphatic hydroxyl groups excluding tert-OH is 1. The number of rotatable bonds is 2. The second-order valence-electron chi connectivity index (χ2n) is 5.35. The van der Waals surface area contributed by atoms with E-state index in [0.29, 0.717) is 5.56 Å². The van der Waals surface area contributed by atoms with Gasteiger partial charge in [0.05, 0.1) is 6.10 Å². The molecule has 1 aliphatic rings. The summed E-state index contributed by atoms with van der Waals surface area (Å²) in [5, 5.41) is 10.5. The van der Waals surface area contributed by atoms with E-state index in [0.717, 1.165) is 30.9 Å². The molecule has 0 fully saturated rings. The van der Waals surface area contributed by atoms with Crippen LogP contribution in [-0.4, -0.2) is 5.11 Å². The van der Waals surface area contributed by atoms with Gasteiger partial charge < -0.3 is 5.11 Å². The zero-order chi connectivity index (χ0) is 14.1. The van der Waals surface area contributed by atoms with Crippen molar-refractivity contribution in [1.82, 2.24) is 0 Å². The molecule has 2 atom stereocenters. The van der Waals surface area contributed by atoms with Gasteiger partial charge in [-0.2, -0.15) is 0 Å². The molecule has 0 aliphatic heterocycles. The summed E-state index contributed by atoms with van der Waals surface area (Å²) in [5.41, 5.74) is 2.62. The monoisotopic (exact) mass is 274 g/mol. The lowest BCUT2D eigenvalue weighted by Gasteiger charge is -2.29. The van der Waals surface area contributed by atoms with Crippen LogP contribution in [0.15, 0.2) is 42.5 Å². The quantitative estimate of drug-likeness (QED) is 0.873. The fourth-order valence-electron chi connectivity index (χ4n) is 3.10. The highest BCUT2D eigenvalue weighted by Crippen LogP contribution is 2.40. The molecule has 0 amide bonds. The molecule has 20 heavy (non-hydrogen) atoms. The highest BCUT2D eigenvalue weighted by atomic mass is 19.1. The van der Waals surface area contributed by atoms with Gasteiger partial charge in [-0.15, -0.1) is 0 Å². The Bertz CT molecular complexity index is 604. The van der Waals surface area contributed by atoms with E-state index >= 15 is 0 Å². The van der Waals surface area contributed by atoms with Crippen LogP contribution >= 0.6 is 0 Å². The molecule has 0 saturated carbocycles. The van der Waals surface area contributed by atoms with Crippen molar-refractivity contribution < 1.29 is 13.9 Å². The maximum absolute atomic E-state index is 13.3. The Hall–Kier alpha value is -1.74. The fourth-order valence-corrected chi connectivity index (χ4v) is 3.10. The van der Waals surface area contributed by atoms with Crippen LogP contribution in [0.5, 0.6) is 0 Å². The third-order valence-electron chi connectivity index (χ3n) is 4.02. The van der Waals surface area contributed by atoms with Crippen molar-refractivity contribution in [1.29, 1.82) is 0 Å². The normalized spacial score (nSPS) is 19.4. The molecular formula is C17H16F2O. The lowest BCUT2D eigenvalue weighted by molar-refractivity contribution is 0.135. The summed E-state index contributed by atoms with van der Waals surface area (Å²) in [7, 11) is 0. The van der Waals surface area contributed by atoms with Crippen LogP contribution in [-0.2, 0) is 6.42 Å². The molecule has 2 aromatic carbocycles. The summed E-state index contributed by atoms with van der Waals surface area (Å²) < 4.78 is 26.6. The van der Waals surface area contributed by atoms with Gasteiger partial charge in [0.15, 0.2) is 0 Å². The SMILES string of the molecule is OC(c1cc(F)cc(F)c1)C1CCCc2ccccc21. The van der Waals surface area contributed by atoms with Crippen molar-refractivity contribution in [2.24, 2.45) is 0 Å². The van der Waals surface area contributed by atoms with Gasteiger partial charge in [0.2, 0.25) is 0 Å². The average molecular weight is 274 g/mol. The summed E-state index contributed by atoms with van der Waals surface area (Å²) in [4.78, 5) is 0. The van der Waals surface area contributed by atoms with Crippen molar-refractivity contribution in [2.45, 2.75) is 31.3 Å². The molecule has 1 N–H and O–H groups in total. The number of halogens is 2. The van der Waals surface area contributed by atoms with Gasteiger partial charge in [0.1, 0.15) is 11.6 Å². The van der Waals surface area contributed by atoms with Gasteiger partial charge in [-0.1, -0.05) is 24.3 Å². The summed E-state index contributed by atoms with van der Waals surface area (Å²) >= 11 is 0. The predicted molar refractivity (Wildman–Crippen MR) is 73.4 cm³/mol. The number of hydrogen-bond acceptors (Lipinski definition) is 1. The molecule has 2 aromatic rings. The molecule has 0 heterocycles. The molecule has 1 nitrogen and oxygen atoms in total. The van der Waals surface area contributed by atoms with Gasteiger partial charge >= 0.3 is 0 Å². The van der Waals surface area contributed by atoms with Crippen molar-refractivity contribution in [2.75, 3.05) is 0 Å². The number of aliphatic hydroxyl groups is 1. The van der Waals surface area contributed by atoms with Crippen LogP contribution in [0.1, 0.15) is 41.6 Å². The Labute approximate surface area is 116 Å². The van der Waals surface area contributed by atoms with Crippen LogP contribution < -0.4 is 0 Å². The van der Waals surface area contributed by atoms with Crippen molar-refractivity contribution in [3.63, 3.8) is 0 Å². The summed E-state index contributed by atoms with van der Waals surface area (Å²) in [6.07, 6.45) is 1.94. The van der Waals surface area contributed by atoms with Crippen LogP contribution in [0.25, 0.3) is 0 Å². The Morgan fingerprint density at radius 1 is 1.05 bits per heavy atom. The average Bonchev–Trinajstić information content (AvgIpc) is 2.45. The largest absolute Gasteiger partial charge is 0.388 e. The molecule has 2 unspecified atom stereocenters. The first-order chi connectivity index (χ1) is 9.65. The standard InChI is InChI=1S/C17H16F2O/c18-13-8-12(9-14(19)10-13)17(20)16-7-3-5-11-4-1-2-6-15(11)16/h1-2,4,6,8-10,16-17,20H,3,5,7H2. The van der Waals surface area contributed by atoms with E-state index in [4.69, 9.17) is 0 Å². The van der Waals surface area contributed by atoms with Gasteiger partial charge in [0, 0.05) is 12.0 Å². The van der Waals surface area contributed by atoms with E-state index < -0.39 is 17.7 Å². The molecule has 0 spiro atoms. The van der Waals surface area contributed by atoms with E-state index in [1.54, 1.807) is 0 Å². The van der Waals surface area contributed by atoms with E-state index in [1.807, 2.05) is 18.2 Å². The fraction of sp³-hybridized carbons (Fsp3) is 0.294. The maximum Gasteiger partial charge on any atom is 0.126 e. The zero-order valence-electron chi connectivity index (χ0n) is 11.0. The molecule has 0 aromatic heterocycles. The first-order valence-corrected chi connectivity index (χ1v) is 6.87. The summed E-state index contributed by atoms with van der Waals surface area (Å²) in [5.74, 6) is -1.40. The van der Waals surface area contributed by atoms with E-state index in [-0.39, 0.29) is 5.92 Å². The number of hydrogen-bond donors (Lipinski definition) is 1. The lowest BCUT2D eigenvalue weighted by Crippen LogP contribution is -2.17. The third-order valence-corrected chi connectivity index (χ3v) is 4.02. The van der Waals surface area contributed by atoms with Gasteiger partial charge in [0.25, 0.3) is 0 Å². The molecule has 0 saturated heterocycles. The van der Waals surface area contributed by atoms with Crippen molar-refractivity contribution >= 4 is 0 Å². The van der Waals surface area contributed by atoms with Gasteiger partial charge in [-0.25, -0.2) is 8.78 Å². The van der Waals surface area contributed by atoms with Crippen LogP contribution in [0.2, 0.25) is 0 Å². The lowest BCUT2D eigenvalue weighted by atomic mass is 9.78. The van der Waals surface area contributed by atoms with Gasteiger partial charge in [-0.3, -0.25) is 0 Å². The summed E-state index contributed by atoms with van der Waals surface area (Å²) in [6, 6.07) is 11.2. The van der Waals surface area contributed by atoms with E-state index in [9.17, 15) is 13.9 Å². The smallest absolute Gasteiger partial charge is 0.126 e. The molecule has 1 aliphatic carbocycles. The topological polar surface area (TPSA) is 20.2 Å². The number of aryl methyl sites for hydroxylation is 1. The van der Waals surface area contributed by atoms with E-state index in [2.05, 4.69) is 6.07 Å². The summed E-state index contributed by atoms with van der Waals surface area (Å²) in [6.45, 7) is 0. The Kier molecular flexibility index (Phi) is 3.53. The minimum Gasteiger partial charge on any atom is -0.388 e. The van der Waals surface area contributed by atoms with Crippen LogP contribution in [0, 0.1) is 11.6 Å². The van der Waals surface area contributed by atoms with Crippen LogP contribution in [0.3, 0.4) is 0 Å². The second-order valence-corrected chi connectivity index (χ2v) is 5.35. The predicted octanol–water partition coefficient (Wildman–Crippen LogP) is 4.12. The molecule has 0 bridgehead atoms. The highest BCUT2D eigenvalue weighted by molar-refractivity contribution is 5.35. The maximum atomic E-state index is 13.3. The molecule has 104 valence electrons. The molecule has 0 radical (unpaired) electrons. The second kappa shape index (κ2) is 5.33. The van der Waals surface area contributed by atoms with Crippen LogP contribution in [0.4, 0.5) is 8.78 Å². The van der Waals surface area contributed by atoms with Crippen molar-refractivity contribution in [3.05, 3.63) is 70.8 Å². The first kappa shape index (κ1) is 13.3. The molecule has 3 rings (SSSR count).